The third-order valence-corrected chi connectivity index (χ3v) is 5.16. The molecule has 1 unspecified atom stereocenters. The van der Waals surface area contributed by atoms with Crippen molar-refractivity contribution in [2.45, 2.75) is 32.5 Å². The number of ether oxygens (including phenoxy) is 3. The second-order valence-corrected chi connectivity index (χ2v) is 7.27. The lowest BCUT2D eigenvalue weighted by molar-refractivity contribution is -0.0495. The molecule has 0 bridgehead atoms. The SMILES string of the molecule is CCOc1ccc(CNC(=NC)NC2CCN(c3ccccc3OC(F)F)C2)cc1OC. The number of hydrogen-bond acceptors (Lipinski definition) is 5. The summed E-state index contributed by atoms with van der Waals surface area (Å²) in [6, 6.07) is 12.8. The van der Waals surface area contributed by atoms with Crippen LogP contribution in [-0.4, -0.2) is 52.5 Å². The molecular formula is C23H30F2N4O3. The predicted octanol–water partition coefficient (Wildman–Crippen LogP) is 3.64. The number of guanidine groups is 1. The lowest BCUT2D eigenvalue weighted by Gasteiger charge is -2.22. The van der Waals surface area contributed by atoms with Gasteiger partial charge in [-0.05, 0) is 43.2 Å². The van der Waals surface area contributed by atoms with Crippen molar-refractivity contribution in [2.24, 2.45) is 4.99 Å². The quantitative estimate of drug-likeness (QED) is 0.451. The number of alkyl halides is 2. The van der Waals surface area contributed by atoms with Crippen molar-refractivity contribution >= 4 is 11.6 Å². The Morgan fingerprint density at radius 2 is 2.00 bits per heavy atom. The summed E-state index contributed by atoms with van der Waals surface area (Å²) in [6.45, 7) is 1.59. The van der Waals surface area contributed by atoms with Crippen LogP contribution in [0.15, 0.2) is 47.5 Å². The van der Waals surface area contributed by atoms with Crippen LogP contribution in [0.2, 0.25) is 0 Å². The van der Waals surface area contributed by atoms with E-state index in [1.165, 1.54) is 0 Å². The molecule has 2 aromatic rings. The number of anilines is 1. The number of halogens is 2. The molecule has 1 heterocycles. The Hall–Kier alpha value is -3.23. The fourth-order valence-electron chi connectivity index (χ4n) is 3.68. The van der Waals surface area contributed by atoms with Crippen molar-refractivity contribution in [3.8, 4) is 17.2 Å². The summed E-state index contributed by atoms with van der Waals surface area (Å²) in [5.41, 5.74) is 1.70. The van der Waals surface area contributed by atoms with Gasteiger partial charge in [0, 0.05) is 32.7 Å². The zero-order chi connectivity index (χ0) is 22.9. The van der Waals surface area contributed by atoms with E-state index in [-0.39, 0.29) is 11.8 Å². The third-order valence-electron chi connectivity index (χ3n) is 5.16. The molecule has 0 spiro atoms. The molecule has 1 saturated heterocycles. The van der Waals surface area contributed by atoms with Gasteiger partial charge in [0.2, 0.25) is 0 Å². The van der Waals surface area contributed by atoms with E-state index in [1.807, 2.05) is 36.1 Å². The lowest BCUT2D eigenvalue weighted by atomic mass is 10.2. The summed E-state index contributed by atoms with van der Waals surface area (Å²) in [6.07, 6.45) is 0.848. The van der Waals surface area contributed by atoms with Crippen molar-refractivity contribution < 1.29 is 23.0 Å². The van der Waals surface area contributed by atoms with Gasteiger partial charge in [-0.2, -0.15) is 8.78 Å². The molecule has 32 heavy (non-hydrogen) atoms. The standard InChI is InChI=1S/C23H30F2N4O3/c1-4-31-20-10-9-16(13-21(20)30-3)14-27-23(26-2)28-17-11-12-29(15-17)18-7-5-6-8-19(18)32-22(24)25/h5-10,13,17,22H,4,11-12,14-15H2,1-3H3,(H2,26,27,28). The number of hydrogen-bond donors (Lipinski definition) is 2. The zero-order valence-electron chi connectivity index (χ0n) is 18.6. The number of benzene rings is 2. The largest absolute Gasteiger partial charge is 0.493 e. The maximum absolute atomic E-state index is 12.7. The lowest BCUT2D eigenvalue weighted by Crippen LogP contribution is -2.44. The van der Waals surface area contributed by atoms with E-state index >= 15 is 0 Å². The van der Waals surface area contributed by atoms with E-state index in [4.69, 9.17) is 9.47 Å². The van der Waals surface area contributed by atoms with Gasteiger partial charge in [0.1, 0.15) is 5.75 Å². The van der Waals surface area contributed by atoms with Crippen molar-refractivity contribution in [3.63, 3.8) is 0 Å². The molecule has 7 nitrogen and oxygen atoms in total. The molecule has 3 rings (SSSR count). The van der Waals surface area contributed by atoms with Gasteiger partial charge in [-0.1, -0.05) is 18.2 Å². The number of methoxy groups -OCH3 is 1. The Kier molecular flexibility index (Phi) is 8.35. The Bertz CT molecular complexity index is 911. The first kappa shape index (κ1) is 23.4. The van der Waals surface area contributed by atoms with Crippen LogP contribution in [0.5, 0.6) is 17.2 Å². The first-order valence-electron chi connectivity index (χ1n) is 10.6. The van der Waals surface area contributed by atoms with Gasteiger partial charge in [-0.25, -0.2) is 0 Å². The first-order chi connectivity index (χ1) is 15.5. The smallest absolute Gasteiger partial charge is 0.387 e. The molecule has 1 atom stereocenters. The molecule has 174 valence electrons. The predicted molar refractivity (Wildman–Crippen MR) is 121 cm³/mol. The molecule has 1 fully saturated rings. The molecule has 0 saturated carbocycles. The molecule has 0 radical (unpaired) electrons. The molecule has 2 aromatic carbocycles. The molecule has 1 aliphatic rings. The topological polar surface area (TPSA) is 67.4 Å². The van der Waals surface area contributed by atoms with Crippen LogP contribution in [0, 0.1) is 0 Å². The third kappa shape index (κ3) is 6.15. The summed E-state index contributed by atoms with van der Waals surface area (Å²) in [5, 5.41) is 6.72. The van der Waals surface area contributed by atoms with Crippen LogP contribution in [0.25, 0.3) is 0 Å². The van der Waals surface area contributed by atoms with Crippen LogP contribution in [-0.2, 0) is 6.54 Å². The minimum Gasteiger partial charge on any atom is -0.493 e. The fraction of sp³-hybridized carbons (Fsp3) is 0.435. The van der Waals surface area contributed by atoms with Crippen molar-refractivity contribution in [3.05, 3.63) is 48.0 Å². The summed E-state index contributed by atoms with van der Waals surface area (Å²) >= 11 is 0. The van der Waals surface area contributed by atoms with Gasteiger partial charge >= 0.3 is 6.61 Å². The average Bonchev–Trinajstić information content (AvgIpc) is 3.25. The summed E-state index contributed by atoms with van der Waals surface area (Å²) in [4.78, 5) is 6.35. The van der Waals surface area contributed by atoms with E-state index in [0.717, 1.165) is 18.5 Å². The van der Waals surface area contributed by atoms with E-state index in [0.29, 0.717) is 42.8 Å². The van der Waals surface area contributed by atoms with Crippen LogP contribution in [0.3, 0.4) is 0 Å². The van der Waals surface area contributed by atoms with Crippen LogP contribution in [0.4, 0.5) is 14.5 Å². The molecule has 1 aliphatic heterocycles. The Labute approximate surface area is 187 Å². The minimum absolute atomic E-state index is 0.121. The number of para-hydroxylation sites is 2. The van der Waals surface area contributed by atoms with E-state index in [2.05, 4.69) is 20.4 Å². The maximum atomic E-state index is 12.7. The highest BCUT2D eigenvalue weighted by Gasteiger charge is 2.26. The van der Waals surface area contributed by atoms with Crippen LogP contribution in [0.1, 0.15) is 18.9 Å². The number of rotatable bonds is 9. The molecule has 9 heteroatoms. The highest BCUT2D eigenvalue weighted by atomic mass is 19.3. The van der Waals surface area contributed by atoms with E-state index in [9.17, 15) is 8.78 Å². The Morgan fingerprint density at radius 3 is 2.72 bits per heavy atom. The highest BCUT2D eigenvalue weighted by molar-refractivity contribution is 5.80. The second kappa shape index (κ2) is 11.4. The van der Waals surface area contributed by atoms with Gasteiger partial charge in [0.05, 0.1) is 19.4 Å². The number of nitrogens with zero attached hydrogens (tertiary/aromatic N) is 2. The van der Waals surface area contributed by atoms with E-state index < -0.39 is 6.61 Å². The van der Waals surface area contributed by atoms with Crippen LogP contribution >= 0.6 is 0 Å². The Balaban J connectivity index is 1.56. The number of nitrogens with one attached hydrogen (secondary N) is 2. The fourth-order valence-corrected chi connectivity index (χ4v) is 3.68. The minimum atomic E-state index is -2.85. The monoisotopic (exact) mass is 448 g/mol. The second-order valence-electron chi connectivity index (χ2n) is 7.27. The van der Waals surface area contributed by atoms with Crippen molar-refractivity contribution in [1.29, 1.82) is 0 Å². The van der Waals surface area contributed by atoms with Crippen molar-refractivity contribution in [1.82, 2.24) is 10.6 Å². The first-order valence-corrected chi connectivity index (χ1v) is 10.6. The van der Waals surface area contributed by atoms with E-state index in [1.54, 1.807) is 32.4 Å². The normalized spacial score (nSPS) is 16.2. The van der Waals surface area contributed by atoms with Gasteiger partial charge in [-0.3, -0.25) is 4.99 Å². The van der Waals surface area contributed by atoms with Gasteiger partial charge in [-0.15, -0.1) is 0 Å². The summed E-state index contributed by atoms with van der Waals surface area (Å²) < 4.78 is 41.1. The Morgan fingerprint density at radius 1 is 1.19 bits per heavy atom. The average molecular weight is 449 g/mol. The molecule has 2 N–H and O–H groups in total. The zero-order valence-corrected chi connectivity index (χ0v) is 18.6. The van der Waals surface area contributed by atoms with Gasteiger partial charge in [0.15, 0.2) is 17.5 Å². The summed E-state index contributed by atoms with van der Waals surface area (Å²) in [5.74, 6) is 2.26. The molecule has 0 aromatic heterocycles. The van der Waals surface area contributed by atoms with Gasteiger partial charge < -0.3 is 29.7 Å². The van der Waals surface area contributed by atoms with Gasteiger partial charge in [0.25, 0.3) is 0 Å². The molecular weight excluding hydrogens is 418 g/mol. The molecule has 0 amide bonds. The number of aliphatic imine (C=N–C) groups is 1. The summed E-state index contributed by atoms with van der Waals surface area (Å²) in [7, 11) is 3.33. The highest BCUT2D eigenvalue weighted by Crippen LogP contribution is 2.32. The van der Waals surface area contributed by atoms with Crippen molar-refractivity contribution in [2.75, 3.05) is 38.8 Å². The molecule has 0 aliphatic carbocycles. The van der Waals surface area contributed by atoms with Crippen LogP contribution < -0.4 is 29.7 Å². The maximum Gasteiger partial charge on any atom is 0.387 e.